The third kappa shape index (κ3) is 1.88. The molecule has 2 bridgehead atoms. The fourth-order valence-corrected chi connectivity index (χ4v) is 5.87. The van der Waals surface area contributed by atoms with Gasteiger partial charge in [-0.3, -0.25) is 8.98 Å². The van der Waals surface area contributed by atoms with Gasteiger partial charge in [0.2, 0.25) is 10.0 Å². The van der Waals surface area contributed by atoms with Gasteiger partial charge in [0.15, 0.2) is 0 Å². The Morgan fingerprint density at radius 3 is 2.50 bits per heavy atom. The number of esters is 1. The Morgan fingerprint density at radius 1 is 1.30 bits per heavy atom. The van der Waals surface area contributed by atoms with Crippen LogP contribution in [0.3, 0.4) is 0 Å². The molecular weight excluding hydrogens is 314 g/mol. The summed E-state index contributed by atoms with van der Waals surface area (Å²) in [4.78, 5) is 11.8. The lowest BCUT2D eigenvalue weighted by molar-refractivity contribution is -0.148. The molecule has 0 amide bonds. The van der Waals surface area contributed by atoms with Crippen LogP contribution < -0.4 is 4.72 Å². The third-order valence-electron chi connectivity index (χ3n) is 3.80. The van der Waals surface area contributed by atoms with Crippen LogP contribution in [0.5, 0.6) is 0 Å². The summed E-state index contributed by atoms with van der Waals surface area (Å²) in [5.74, 6) is -1.84. The Bertz CT molecular complexity index is 655. The van der Waals surface area contributed by atoms with Crippen molar-refractivity contribution < 1.29 is 35.3 Å². The molecule has 0 aromatic carbocycles. The minimum absolute atomic E-state index is 0.754. The lowest BCUT2D eigenvalue weighted by atomic mass is 9.84. The summed E-state index contributed by atoms with van der Waals surface area (Å²) in [6.07, 6.45) is -1.97. The second-order valence-electron chi connectivity index (χ2n) is 5.03. The zero-order chi connectivity index (χ0) is 14.9. The number of carbonyl (C=O) groups excluding carboxylic acids is 1. The van der Waals surface area contributed by atoms with Crippen molar-refractivity contribution in [1.29, 1.82) is 0 Å². The van der Waals surface area contributed by atoms with Crippen molar-refractivity contribution in [3.8, 4) is 0 Å². The number of hydrogen-bond donors (Lipinski definition) is 1. The summed E-state index contributed by atoms with van der Waals surface area (Å²) in [5, 5.41) is -1.07. The van der Waals surface area contributed by atoms with Crippen LogP contribution in [0.25, 0.3) is 0 Å². The molecule has 0 aromatic heterocycles. The lowest BCUT2D eigenvalue weighted by Gasteiger charge is -2.26. The number of rotatable bonds is 3. The van der Waals surface area contributed by atoms with Crippen LogP contribution in [0.1, 0.15) is 0 Å². The van der Waals surface area contributed by atoms with E-state index in [0.717, 1.165) is 13.4 Å². The van der Waals surface area contributed by atoms with Crippen LogP contribution in [-0.4, -0.2) is 65.8 Å². The van der Waals surface area contributed by atoms with Gasteiger partial charge in [-0.2, -0.15) is 8.42 Å². The summed E-state index contributed by atoms with van der Waals surface area (Å²) in [6.45, 7) is 0. The van der Waals surface area contributed by atoms with Crippen LogP contribution in [-0.2, 0) is 38.6 Å². The molecule has 0 aromatic rings. The molecule has 9 nitrogen and oxygen atoms in total. The van der Waals surface area contributed by atoms with E-state index in [0.29, 0.717) is 0 Å². The number of hydrogen-bond acceptors (Lipinski definition) is 8. The monoisotopic (exact) mass is 327 g/mol. The number of methoxy groups -OCH3 is 1. The van der Waals surface area contributed by atoms with Gasteiger partial charge < -0.3 is 9.47 Å². The van der Waals surface area contributed by atoms with Crippen molar-refractivity contribution in [1.82, 2.24) is 4.72 Å². The SMILES string of the molecule is COC(=O)C1C2OC3C(NS(=O)(=O)C31)C2OS(C)(=O)=O. The summed E-state index contributed by atoms with van der Waals surface area (Å²) in [7, 11) is -6.46. The smallest absolute Gasteiger partial charge is 0.312 e. The molecule has 0 radical (unpaired) electrons. The predicted molar refractivity (Wildman–Crippen MR) is 63.5 cm³/mol. The van der Waals surface area contributed by atoms with Gasteiger partial charge in [0.1, 0.15) is 23.4 Å². The number of nitrogens with one attached hydrogen (secondary N) is 1. The first-order chi connectivity index (χ1) is 9.15. The highest BCUT2D eigenvalue weighted by molar-refractivity contribution is 7.90. The van der Waals surface area contributed by atoms with Crippen molar-refractivity contribution in [3.63, 3.8) is 0 Å². The fraction of sp³-hybridized carbons (Fsp3) is 0.889. The van der Waals surface area contributed by atoms with Crippen molar-refractivity contribution in [3.05, 3.63) is 0 Å². The highest BCUT2D eigenvalue weighted by Gasteiger charge is 2.72. The average molecular weight is 327 g/mol. The highest BCUT2D eigenvalue weighted by Crippen LogP contribution is 2.48. The van der Waals surface area contributed by atoms with Crippen LogP contribution in [0.15, 0.2) is 0 Å². The third-order valence-corrected chi connectivity index (χ3v) is 6.25. The zero-order valence-corrected chi connectivity index (χ0v) is 12.2. The molecule has 3 rings (SSSR count). The number of carbonyl (C=O) groups is 1. The van der Waals surface area contributed by atoms with Gasteiger partial charge in [0, 0.05) is 0 Å². The largest absolute Gasteiger partial charge is 0.469 e. The molecule has 0 spiro atoms. The van der Waals surface area contributed by atoms with Crippen molar-refractivity contribution in [2.75, 3.05) is 13.4 Å². The maximum Gasteiger partial charge on any atom is 0.312 e. The van der Waals surface area contributed by atoms with E-state index in [1.165, 1.54) is 0 Å². The molecule has 3 aliphatic heterocycles. The first-order valence-corrected chi connectivity index (χ1v) is 9.15. The number of ether oxygens (including phenoxy) is 2. The van der Waals surface area contributed by atoms with Gasteiger partial charge in [-0.05, 0) is 0 Å². The molecule has 3 saturated heterocycles. The Labute approximate surface area is 115 Å². The molecule has 6 atom stereocenters. The Kier molecular flexibility index (Phi) is 2.93. The predicted octanol–water partition coefficient (Wildman–Crippen LogP) is -2.43. The molecule has 0 saturated carbocycles. The highest BCUT2D eigenvalue weighted by atomic mass is 32.2. The molecular formula is C9H13NO8S2. The second-order valence-corrected chi connectivity index (χ2v) is 8.50. The Morgan fingerprint density at radius 2 is 1.95 bits per heavy atom. The molecule has 6 unspecified atom stereocenters. The normalized spacial score (nSPS) is 44.7. The molecule has 1 N–H and O–H groups in total. The van der Waals surface area contributed by atoms with E-state index >= 15 is 0 Å². The van der Waals surface area contributed by atoms with Crippen molar-refractivity contribution >= 4 is 26.1 Å². The Balaban J connectivity index is 2.02. The van der Waals surface area contributed by atoms with E-state index in [1.54, 1.807) is 0 Å². The fourth-order valence-electron chi connectivity index (χ4n) is 3.19. The first-order valence-electron chi connectivity index (χ1n) is 5.78. The molecule has 3 fully saturated rings. The lowest BCUT2D eigenvalue weighted by Crippen LogP contribution is -2.50. The van der Waals surface area contributed by atoms with Crippen molar-refractivity contribution in [2.45, 2.75) is 29.6 Å². The standard InChI is InChI=1S/C9H13NO8S2/c1-16-9(11)3-5-6(18-19(2,12)13)4-7(17-5)8(3)20(14,15)10-4/h3-8,10H,1-2H3. The zero-order valence-electron chi connectivity index (χ0n) is 10.5. The van der Waals surface area contributed by atoms with Crippen LogP contribution in [0.2, 0.25) is 0 Å². The van der Waals surface area contributed by atoms with Gasteiger partial charge in [0.25, 0.3) is 10.1 Å². The maximum absolute atomic E-state index is 12.0. The van der Waals surface area contributed by atoms with E-state index in [2.05, 4.69) is 9.46 Å². The molecule has 20 heavy (non-hydrogen) atoms. The van der Waals surface area contributed by atoms with Gasteiger partial charge in [-0.15, -0.1) is 0 Å². The quantitative estimate of drug-likeness (QED) is 0.448. The minimum atomic E-state index is -3.81. The second kappa shape index (κ2) is 4.13. The summed E-state index contributed by atoms with van der Waals surface area (Å²) >= 11 is 0. The molecule has 114 valence electrons. The first kappa shape index (κ1) is 14.2. The minimum Gasteiger partial charge on any atom is -0.469 e. The molecule has 3 aliphatic rings. The molecule has 0 aliphatic carbocycles. The van der Waals surface area contributed by atoms with Crippen LogP contribution in [0, 0.1) is 5.92 Å². The maximum atomic E-state index is 12.0. The van der Waals surface area contributed by atoms with Crippen molar-refractivity contribution in [2.24, 2.45) is 5.92 Å². The van der Waals surface area contributed by atoms with E-state index in [1.807, 2.05) is 0 Å². The number of fused-ring (bicyclic) bond motifs is 1. The van der Waals surface area contributed by atoms with Crippen LogP contribution in [0.4, 0.5) is 0 Å². The van der Waals surface area contributed by atoms with E-state index in [4.69, 9.17) is 8.92 Å². The van der Waals surface area contributed by atoms with Gasteiger partial charge >= 0.3 is 5.97 Å². The summed E-state index contributed by atoms with van der Waals surface area (Å²) in [5.41, 5.74) is 0. The van der Waals surface area contributed by atoms with E-state index in [-0.39, 0.29) is 0 Å². The molecule has 11 heteroatoms. The summed E-state index contributed by atoms with van der Waals surface area (Å²) < 4.78 is 63.8. The molecule has 3 heterocycles. The average Bonchev–Trinajstić information content (AvgIpc) is 2.88. The van der Waals surface area contributed by atoms with E-state index in [9.17, 15) is 21.6 Å². The summed E-state index contributed by atoms with van der Waals surface area (Å²) in [6, 6.07) is -0.800. The van der Waals surface area contributed by atoms with Gasteiger partial charge in [-0.25, -0.2) is 13.1 Å². The van der Waals surface area contributed by atoms with Crippen LogP contribution >= 0.6 is 0 Å². The topological polar surface area (TPSA) is 125 Å². The van der Waals surface area contributed by atoms with Gasteiger partial charge in [0.05, 0.1) is 25.5 Å². The number of sulfonamides is 1. The van der Waals surface area contributed by atoms with E-state index < -0.39 is 61.6 Å². The Hall–Kier alpha value is -0.750. The van der Waals surface area contributed by atoms with Gasteiger partial charge in [-0.1, -0.05) is 0 Å².